The van der Waals surface area contributed by atoms with Crippen LogP contribution >= 0.6 is 0 Å². The van der Waals surface area contributed by atoms with Crippen LogP contribution in [0.5, 0.6) is 0 Å². The SMILES string of the molecule is CCCn1cc(S(=O)(=O)N2C3CCC2CC(N)C3)nc1C. The normalized spacial score (nSPS) is 30.0. The number of nitrogens with zero attached hydrogens (tertiary/aromatic N) is 3. The van der Waals surface area contributed by atoms with Crippen LogP contribution in [0.3, 0.4) is 0 Å². The lowest BCUT2D eigenvalue weighted by Gasteiger charge is -2.35. The molecule has 21 heavy (non-hydrogen) atoms. The molecule has 3 heterocycles. The quantitative estimate of drug-likeness (QED) is 0.907. The highest BCUT2D eigenvalue weighted by Crippen LogP contribution is 2.39. The molecule has 1 aromatic rings. The van der Waals surface area contributed by atoms with Crippen LogP contribution in [0.15, 0.2) is 11.2 Å². The van der Waals surface area contributed by atoms with Gasteiger partial charge in [0.1, 0.15) is 5.82 Å². The summed E-state index contributed by atoms with van der Waals surface area (Å²) in [6, 6.07) is 0.245. The molecule has 6 nitrogen and oxygen atoms in total. The first kappa shape index (κ1) is 15.0. The molecule has 2 fully saturated rings. The van der Waals surface area contributed by atoms with Crippen molar-refractivity contribution in [1.82, 2.24) is 13.9 Å². The number of sulfonamides is 1. The molecular formula is C14H24N4O2S. The van der Waals surface area contributed by atoms with E-state index in [1.54, 1.807) is 10.5 Å². The third-order valence-electron chi connectivity index (χ3n) is 4.66. The van der Waals surface area contributed by atoms with Crippen molar-refractivity contribution in [2.45, 2.75) is 75.6 Å². The summed E-state index contributed by atoms with van der Waals surface area (Å²) in [6.07, 6.45) is 6.02. The number of imidazole rings is 1. The minimum Gasteiger partial charge on any atom is -0.334 e. The standard InChI is InChI=1S/C14H24N4O2S/c1-3-6-17-9-14(16-10(17)2)21(19,20)18-12-4-5-13(18)8-11(15)7-12/h9,11-13H,3-8,15H2,1-2H3. The van der Waals surface area contributed by atoms with E-state index < -0.39 is 10.0 Å². The summed E-state index contributed by atoms with van der Waals surface area (Å²) in [4.78, 5) is 4.29. The third-order valence-corrected chi connectivity index (χ3v) is 6.54. The van der Waals surface area contributed by atoms with Gasteiger partial charge >= 0.3 is 0 Å². The second-order valence-electron chi connectivity index (χ2n) is 6.27. The summed E-state index contributed by atoms with van der Waals surface area (Å²) in [5, 5.41) is 0.195. The molecule has 0 aliphatic carbocycles. The lowest BCUT2D eigenvalue weighted by Crippen LogP contribution is -2.50. The Labute approximate surface area is 126 Å². The Balaban J connectivity index is 1.92. The smallest absolute Gasteiger partial charge is 0.262 e. The van der Waals surface area contributed by atoms with Crippen molar-refractivity contribution >= 4 is 10.0 Å². The molecule has 2 aliphatic heterocycles. The zero-order valence-corrected chi connectivity index (χ0v) is 13.5. The number of aryl methyl sites for hydroxylation is 2. The number of hydrogen-bond acceptors (Lipinski definition) is 4. The van der Waals surface area contributed by atoms with E-state index in [1.807, 2.05) is 11.5 Å². The molecular weight excluding hydrogens is 288 g/mol. The molecule has 2 saturated heterocycles. The number of nitrogens with two attached hydrogens (primary N) is 1. The van der Waals surface area contributed by atoms with Crippen molar-refractivity contribution in [2.24, 2.45) is 5.73 Å². The highest BCUT2D eigenvalue weighted by Gasteiger charge is 2.47. The predicted molar refractivity (Wildman–Crippen MR) is 80.3 cm³/mol. The van der Waals surface area contributed by atoms with Crippen molar-refractivity contribution < 1.29 is 8.42 Å². The van der Waals surface area contributed by atoms with Gasteiger partial charge in [-0.2, -0.15) is 4.31 Å². The summed E-state index contributed by atoms with van der Waals surface area (Å²) >= 11 is 0. The Morgan fingerprint density at radius 3 is 2.52 bits per heavy atom. The maximum Gasteiger partial charge on any atom is 0.262 e. The van der Waals surface area contributed by atoms with E-state index in [0.717, 1.165) is 44.5 Å². The molecule has 118 valence electrons. The van der Waals surface area contributed by atoms with Gasteiger partial charge < -0.3 is 10.3 Å². The van der Waals surface area contributed by atoms with E-state index in [1.165, 1.54) is 0 Å². The molecule has 0 aromatic carbocycles. The van der Waals surface area contributed by atoms with E-state index in [0.29, 0.717) is 0 Å². The monoisotopic (exact) mass is 312 g/mol. The lowest BCUT2D eigenvalue weighted by molar-refractivity contribution is 0.226. The van der Waals surface area contributed by atoms with E-state index >= 15 is 0 Å². The lowest BCUT2D eigenvalue weighted by atomic mass is 10.0. The molecule has 1 aromatic heterocycles. The van der Waals surface area contributed by atoms with Crippen molar-refractivity contribution in [3.8, 4) is 0 Å². The molecule has 0 radical (unpaired) electrons. The summed E-state index contributed by atoms with van der Waals surface area (Å²) in [5.41, 5.74) is 6.03. The summed E-state index contributed by atoms with van der Waals surface area (Å²) in [5.74, 6) is 0.761. The van der Waals surface area contributed by atoms with Crippen molar-refractivity contribution in [2.75, 3.05) is 0 Å². The molecule has 0 amide bonds. The van der Waals surface area contributed by atoms with Gasteiger partial charge in [0.25, 0.3) is 10.0 Å². The van der Waals surface area contributed by atoms with Crippen molar-refractivity contribution in [3.63, 3.8) is 0 Å². The van der Waals surface area contributed by atoms with Crippen LogP contribution in [0, 0.1) is 6.92 Å². The second-order valence-corrected chi connectivity index (χ2v) is 8.06. The zero-order valence-electron chi connectivity index (χ0n) is 12.7. The Morgan fingerprint density at radius 2 is 1.95 bits per heavy atom. The fourth-order valence-corrected chi connectivity index (χ4v) is 5.64. The molecule has 2 N–H and O–H groups in total. The van der Waals surface area contributed by atoms with Crippen LogP contribution in [-0.4, -0.2) is 40.4 Å². The van der Waals surface area contributed by atoms with Gasteiger partial charge in [0.15, 0.2) is 5.03 Å². The first-order chi connectivity index (χ1) is 9.93. The molecule has 3 rings (SSSR count). The molecule has 2 aliphatic rings. The molecule has 2 unspecified atom stereocenters. The first-order valence-electron chi connectivity index (χ1n) is 7.76. The maximum absolute atomic E-state index is 12.9. The number of rotatable bonds is 4. The van der Waals surface area contributed by atoms with Gasteiger partial charge in [0.2, 0.25) is 0 Å². The molecule has 0 spiro atoms. The highest BCUT2D eigenvalue weighted by molar-refractivity contribution is 7.89. The Morgan fingerprint density at radius 1 is 1.33 bits per heavy atom. The topological polar surface area (TPSA) is 81.2 Å². The summed E-state index contributed by atoms with van der Waals surface area (Å²) < 4.78 is 29.5. The Bertz CT molecular complexity index is 611. The minimum atomic E-state index is -3.50. The van der Waals surface area contributed by atoms with Gasteiger partial charge in [-0.25, -0.2) is 13.4 Å². The van der Waals surface area contributed by atoms with Crippen LogP contribution in [0.1, 0.15) is 44.9 Å². The molecule has 7 heteroatoms. The second kappa shape index (κ2) is 5.37. The average Bonchev–Trinajstić information content (AvgIpc) is 2.91. The van der Waals surface area contributed by atoms with Crippen LogP contribution in [-0.2, 0) is 16.6 Å². The van der Waals surface area contributed by atoms with Crippen LogP contribution in [0.4, 0.5) is 0 Å². The first-order valence-corrected chi connectivity index (χ1v) is 9.20. The average molecular weight is 312 g/mol. The minimum absolute atomic E-state index is 0.0559. The van der Waals surface area contributed by atoms with Gasteiger partial charge in [-0.1, -0.05) is 6.92 Å². The van der Waals surface area contributed by atoms with Crippen molar-refractivity contribution in [1.29, 1.82) is 0 Å². The van der Waals surface area contributed by atoms with Gasteiger partial charge in [0, 0.05) is 30.9 Å². The fraction of sp³-hybridized carbons (Fsp3) is 0.786. The molecule has 2 atom stereocenters. The largest absolute Gasteiger partial charge is 0.334 e. The fourth-order valence-electron chi connectivity index (χ4n) is 3.75. The van der Waals surface area contributed by atoms with E-state index in [2.05, 4.69) is 11.9 Å². The van der Waals surface area contributed by atoms with Gasteiger partial charge in [-0.05, 0) is 39.0 Å². The van der Waals surface area contributed by atoms with Crippen LogP contribution in [0.25, 0.3) is 0 Å². The predicted octanol–water partition coefficient (Wildman–Crippen LogP) is 1.24. The van der Waals surface area contributed by atoms with Crippen LogP contribution in [0.2, 0.25) is 0 Å². The zero-order chi connectivity index (χ0) is 15.2. The number of hydrogen-bond donors (Lipinski definition) is 1. The number of fused-ring (bicyclic) bond motifs is 2. The van der Waals surface area contributed by atoms with E-state index in [4.69, 9.17) is 5.73 Å². The number of aromatic nitrogens is 2. The van der Waals surface area contributed by atoms with Gasteiger partial charge in [-0.3, -0.25) is 0 Å². The van der Waals surface area contributed by atoms with E-state index in [-0.39, 0.29) is 23.2 Å². The molecule has 0 saturated carbocycles. The van der Waals surface area contributed by atoms with Crippen LogP contribution < -0.4 is 5.73 Å². The Kier molecular flexibility index (Phi) is 3.83. The summed E-state index contributed by atoms with van der Waals surface area (Å²) in [6.45, 7) is 4.72. The maximum atomic E-state index is 12.9. The van der Waals surface area contributed by atoms with Crippen molar-refractivity contribution in [3.05, 3.63) is 12.0 Å². The highest BCUT2D eigenvalue weighted by atomic mass is 32.2. The third kappa shape index (κ3) is 2.51. The summed E-state index contributed by atoms with van der Waals surface area (Å²) in [7, 11) is -3.50. The Hall–Kier alpha value is -0.920. The van der Waals surface area contributed by atoms with E-state index in [9.17, 15) is 8.42 Å². The number of piperidine rings is 1. The van der Waals surface area contributed by atoms with Gasteiger partial charge in [-0.15, -0.1) is 0 Å². The van der Waals surface area contributed by atoms with Gasteiger partial charge in [0.05, 0.1) is 0 Å². The molecule has 2 bridgehead atoms.